The van der Waals surface area contributed by atoms with Gasteiger partial charge in [0.25, 0.3) is 0 Å². The standard InChI is InChI=1S/C15H28F3N3O3/c1-20(11-5-7-13(22)23)9-3-4-10-21(2)12-6-8-19-14(24)15(16,17)18/h3-12H2,1-2H3,(H,19,24)(H,22,23). The highest BCUT2D eigenvalue weighted by Gasteiger charge is 2.38. The molecule has 2 N–H and O–H groups in total. The molecule has 0 aliphatic carbocycles. The first-order valence-corrected chi connectivity index (χ1v) is 8.07. The fourth-order valence-corrected chi connectivity index (χ4v) is 2.14. The molecule has 0 unspecified atom stereocenters. The molecule has 1 amide bonds. The number of hydrogen-bond donors (Lipinski definition) is 2. The fourth-order valence-electron chi connectivity index (χ4n) is 2.14. The van der Waals surface area contributed by atoms with Crippen LogP contribution < -0.4 is 5.32 Å². The molecule has 0 radical (unpaired) electrons. The zero-order chi connectivity index (χ0) is 18.6. The average molecular weight is 355 g/mol. The zero-order valence-corrected chi connectivity index (χ0v) is 14.4. The van der Waals surface area contributed by atoms with Crippen molar-refractivity contribution in [1.82, 2.24) is 15.1 Å². The van der Waals surface area contributed by atoms with Crippen molar-refractivity contribution in [3.05, 3.63) is 0 Å². The summed E-state index contributed by atoms with van der Waals surface area (Å²) in [6, 6.07) is 0. The van der Waals surface area contributed by atoms with Gasteiger partial charge in [-0.15, -0.1) is 0 Å². The molecule has 0 saturated carbocycles. The van der Waals surface area contributed by atoms with Crippen LogP contribution in [0.2, 0.25) is 0 Å². The first-order valence-electron chi connectivity index (χ1n) is 8.07. The van der Waals surface area contributed by atoms with Gasteiger partial charge in [-0.3, -0.25) is 9.59 Å². The Morgan fingerprint density at radius 3 is 1.83 bits per heavy atom. The summed E-state index contributed by atoms with van der Waals surface area (Å²) in [7, 11) is 3.84. The summed E-state index contributed by atoms with van der Waals surface area (Å²) >= 11 is 0. The number of nitrogens with one attached hydrogen (secondary N) is 1. The van der Waals surface area contributed by atoms with E-state index in [4.69, 9.17) is 5.11 Å². The molecule has 0 aromatic rings. The summed E-state index contributed by atoms with van der Waals surface area (Å²) < 4.78 is 35.9. The number of unbranched alkanes of at least 4 members (excludes halogenated alkanes) is 1. The Labute approximate surface area is 141 Å². The van der Waals surface area contributed by atoms with Gasteiger partial charge >= 0.3 is 18.1 Å². The Morgan fingerprint density at radius 1 is 0.917 bits per heavy atom. The maximum Gasteiger partial charge on any atom is 0.471 e. The minimum atomic E-state index is -4.82. The number of carboxylic acids is 1. The lowest BCUT2D eigenvalue weighted by atomic mass is 10.2. The average Bonchev–Trinajstić information content (AvgIpc) is 2.46. The van der Waals surface area contributed by atoms with E-state index in [9.17, 15) is 22.8 Å². The van der Waals surface area contributed by atoms with Gasteiger partial charge in [0, 0.05) is 13.0 Å². The number of carbonyl (C=O) groups excluding carboxylic acids is 1. The summed E-state index contributed by atoms with van der Waals surface area (Å²) in [6.45, 7) is 3.09. The van der Waals surface area contributed by atoms with Gasteiger partial charge in [0.1, 0.15) is 0 Å². The Hall–Kier alpha value is -1.35. The number of nitrogens with zero attached hydrogens (tertiary/aromatic N) is 2. The third-order valence-corrected chi connectivity index (χ3v) is 3.52. The van der Waals surface area contributed by atoms with Gasteiger partial charge in [0.15, 0.2) is 0 Å². The van der Waals surface area contributed by atoms with Gasteiger partial charge in [-0.05, 0) is 66.0 Å². The second-order valence-corrected chi connectivity index (χ2v) is 5.92. The molecule has 9 heteroatoms. The molecule has 0 fully saturated rings. The highest BCUT2D eigenvalue weighted by molar-refractivity contribution is 5.81. The summed E-state index contributed by atoms with van der Waals surface area (Å²) in [5.41, 5.74) is 0. The predicted molar refractivity (Wildman–Crippen MR) is 84.8 cm³/mol. The number of hydrogen-bond acceptors (Lipinski definition) is 4. The lowest BCUT2D eigenvalue weighted by Gasteiger charge is -2.19. The molecular weight excluding hydrogens is 327 g/mol. The molecule has 6 nitrogen and oxygen atoms in total. The largest absolute Gasteiger partial charge is 0.481 e. The Balaban J connectivity index is 3.54. The van der Waals surface area contributed by atoms with Crippen LogP contribution in [0.15, 0.2) is 0 Å². The van der Waals surface area contributed by atoms with Crippen molar-refractivity contribution in [2.45, 2.75) is 38.3 Å². The second kappa shape index (κ2) is 12.1. The summed E-state index contributed by atoms with van der Waals surface area (Å²) in [6.07, 6.45) is -1.61. The molecule has 0 bridgehead atoms. The molecule has 142 valence electrons. The molecule has 0 spiro atoms. The van der Waals surface area contributed by atoms with Crippen LogP contribution >= 0.6 is 0 Å². The van der Waals surface area contributed by atoms with Crippen LogP contribution in [0.5, 0.6) is 0 Å². The lowest BCUT2D eigenvalue weighted by molar-refractivity contribution is -0.173. The maximum atomic E-state index is 12.0. The molecule has 0 aliphatic heterocycles. The summed E-state index contributed by atoms with van der Waals surface area (Å²) in [5, 5.41) is 10.4. The molecular formula is C15H28F3N3O3. The number of halogens is 3. The normalized spacial score (nSPS) is 12.0. The van der Waals surface area contributed by atoms with E-state index in [-0.39, 0.29) is 13.0 Å². The van der Waals surface area contributed by atoms with E-state index in [0.717, 1.165) is 32.5 Å². The van der Waals surface area contributed by atoms with E-state index >= 15 is 0 Å². The Kier molecular flexibility index (Phi) is 11.4. The van der Waals surface area contributed by atoms with Crippen molar-refractivity contribution in [2.24, 2.45) is 0 Å². The number of rotatable bonds is 13. The van der Waals surface area contributed by atoms with Crippen LogP contribution in [0.3, 0.4) is 0 Å². The number of amides is 1. The Morgan fingerprint density at radius 2 is 1.38 bits per heavy atom. The minimum absolute atomic E-state index is 0.00893. The van der Waals surface area contributed by atoms with Gasteiger partial charge in [-0.2, -0.15) is 13.2 Å². The first-order chi connectivity index (χ1) is 11.1. The quantitative estimate of drug-likeness (QED) is 0.491. The number of aliphatic carboxylic acids is 1. The fraction of sp³-hybridized carbons (Fsp3) is 0.867. The Bertz CT molecular complexity index is 379. The summed E-state index contributed by atoms with van der Waals surface area (Å²) in [5.74, 6) is -2.67. The predicted octanol–water partition coefficient (Wildman–Crippen LogP) is 1.56. The van der Waals surface area contributed by atoms with Gasteiger partial charge < -0.3 is 20.2 Å². The monoisotopic (exact) mass is 355 g/mol. The van der Waals surface area contributed by atoms with E-state index in [1.807, 2.05) is 24.3 Å². The number of alkyl halides is 3. The van der Waals surface area contributed by atoms with Crippen LogP contribution in [-0.4, -0.2) is 79.8 Å². The molecule has 0 aliphatic rings. The van der Waals surface area contributed by atoms with E-state index in [0.29, 0.717) is 19.4 Å². The molecule has 0 aromatic heterocycles. The van der Waals surface area contributed by atoms with Crippen molar-refractivity contribution < 1.29 is 27.9 Å². The lowest BCUT2D eigenvalue weighted by Crippen LogP contribution is -2.38. The molecule has 0 atom stereocenters. The molecule has 0 saturated heterocycles. The zero-order valence-electron chi connectivity index (χ0n) is 14.4. The highest BCUT2D eigenvalue weighted by Crippen LogP contribution is 2.13. The molecule has 0 rings (SSSR count). The van der Waals surface area contributed by atoms with E-state index in [1.54, 1.807) is 0 Å². The first kappa shape index (κ1) is 22.6. The van der Waals surface area contributed by atoms with Crippen molar-refractivity contribution in [1.29, 1.82) is 0 Å². The minimum Gasteiger partial charge on any atom is -0.481 e. The third-order valence-electron chi connectivity index (χ3n) is 3.52. The summed E-state index contributed by atoms with van der Waals surface area (Å²) in [4.78, 5) is 25.1. The van der Waals surface area contributed by atoms with Crippen LogP contribution in [0.25, 0.3) is 0 Å². The van der Waals surface area contributed by atoms with E-state index in [1.165, 1.54) is 0 Å². The van der Waals surface area contributed by atoms with E-state index in [2.05, 4.69) is 4.90 Å². The maximum absolute atomic E-state index is 12.0. The van der Waals surface area contributed by atoms with Crippen molar-refractivity contribution in [3.8, 4) is 0 Å². The van der Waals surface area contributed by atoms with Crippen molar-refractivity contribution >= 4 is 11.9 Å². The van der Waals surface area contributed by atoms with Crippen molar-refractivity contribution in [3.63, 3.8) is 0 Å². The molecule has 0 aromatic carbocycles. The van der Waals surface area contributed by atoms with Gasteiger partial charge in [-0.1, -0.05) is 0 Å². The van der Waals surface area contributed by atoms with Crippen LogP contribution in [0, 0.1) is 0 Å². The molecule has 0 heterocycles. The third kappa shape index (κ3) is 13.1. The van der Waals surface area contributed by atoms with Crippen molar-refractivity contribution in [2.75, 3.05) is 46.8 Å². The number of carboxylic acid groups (broad SMARTS) is 1. The van der Waals surface area contributed by atoms with Crippen LogP contribution in [0.1, 0.15) is 32.1 Å². The topological polar surface area (TPSA) is 72.9 Å². The van der Waals surface area contributed by atoms with Crippen LogP contribution in [0.4, 0.5) is 13.2 Å². The van der Waals surface area contributed by atoms with E-state index < -0.39 is 18.1 Å². The van der Waals surface area contributed by atoms with Gasteiger partial charge in [-0.25, -0.2) is 0 Å². The second-order valence-electron chi connectivity index (χ2n) is 5.92. The number of carbonyl (C=O) groups is 2. The van der Waals surface area contributed by atoms with Gasteiger partial charge in [0.05, 0.1) is 0 Å². The smallest absolute Gasteiger partial charge is 0.471 e. The molecule has 24 heavy (non-hydrogen) atoms. The SMILES string of the molecule is CN(CCCCN(C)CCCC(=O)O)CCCNC(=O)C(F)(F)F. The van der Waals surface area contributed by atoms with Crippen LogP contribution in [-0.2, 0) is 9.59 Å². The van der Waals surface area contributed by atoms with Gasteiger partial charge in [0.2, 0.25) is 0 Å². The highest BCUT2D eigenvalue weighted by atomic mass is 19.4.